The van der Waals surface area contributed by atoms with E-state index in [1.165, 1.54) is 24.6 Å². The second kappa shape index (κ2) is 5.02. The van der Waals surface area contributed by atoms with Crippen LogP contribution in [0.1, 0.15) is 12.8 Å². The van der Waals surface area contributed by atoms with Gasteiger partial charge in [-0.1, -0.05) is 23.4 Å². The van der Waals surface area contributed by atoms with E-state index in [0.717, 1.165) is 17.7 Å². The average molecular weight is 298 g/mol. The molecule has 5 nitrogen and oxygen atoms in total. The van der Waals surface area contributed by atoms with Gasteiger partial charge in [0.2, 0.25) is 0 Å². The molecular weight excluding hydrogens is 286 g/mol. The van der Waals surface area contributed by atoms with Crippen LogP contribution in [0.25, 0.3) is 11.2 Å². The first kappa shape index (κ1) is 12.7. The fourth-order valence-electron chi connectivity index (χ4n) is 1.93. The van der Waals surface area contributed by atoms with Gasteiger partial charge in [0.25, 0.3) is 0 Å². The van der Waals surface area contributed by atoms with Crippen molar-refractivity contribution in [2.45, 2.75) is 24.5 Å². The molecule has 19 heavy (non-hydrogen) atoms. The summed E-state index contributed by atoms with van der Waals surface area (Å²) in [5.41, 5.74) is 1.50. The molecule has 0 atom stereocenters. The topological polar surface area (TPSA) is 68.0 Å². The highest BCUT2D eigenvalue weighted by atomic mass is 35.5. The zero-order valence-corrected chi connectivity index (χ0v) is 11.6. The van der Waals surface area contributed by atoms with E-state index < -0.39 is 5.97 Å². The number of thioether (sulfide) groups is 1. The summed E-state index contributed by atoms with van der Waals surface area (Å²) in [6.45, 7) is 0.854. The van der Waals surface area contributed by atoms with Gasteiger partial charge in [0.1, 0.15) is 5.52 Å². The van der Waals surface area contributed by atoms with E-state index in [1.54, 1.807) is 12.3 Å². The molecule has 100 valence electrons. The monoisotopic (exact) mass is 297 g/mol. The lowest BCUT2D eigenvalue weighted by Crippen LogP contribution is -2.05. The van der Waals surface area contributed by atoms with Gasteiger partial charge in [-0.05, 0) is 24.8 Å². The summed E-state index contributed by atoms with van der Waals surface area (Å²) in [5, 5.41) is 10.0. The molecule has 1 saturated carbocycles. The molecule has 1 aliphatic rings. The number of fused-ring (bicyclic) bond motifs is 1. The number of carboxylic acid groups (broad SMARTS) is 1. The molecule has 1 N–H and O–H groups in total. The molecule has 0 aliphatic heterocycles. The van der Waals surface area contributed by atoms with Crippen LogP contribution >= 0.6 is 23.4 Å². The Hall–Kier alpha value is -1.27. The smallest absolute Gasteiger partial charge is 0.313 e. The quantitative estimate of drug-likeness (QED) is 0.859. The van der Waals surface area contributed by atoms with Gasteiger partial charge >= 0.3 is 5.97 Å². The SMILES string of the molecule is O=C(O)CSc1nc2cc(Cl)cnc2n1CC1CC1. The summed E-state index contributed by atoms with van der Waals surface area (Å²) in [5.74, 6) is -0.179. The lowest BCUT2D eigenvalue weighted by atomic mass is 10.4. The number of hydrogen-bond donors (Lipinski definition) is 1. The molecule has 1 aliphatic carbocycles. The van der Waals surface area contributed by atoms with Gasteiger partial charge in [0.15, 0.2) is 10.8 Å². The Morgan fingerprint density at radius 2 is 2.37 bits per heavy atom. The molecule has 0 spiro atoms. The third-order valence-corrected chi connectivity index (χ3v) is 4.15. The van der Waals surface area contributed by atoms with Gasteiger partial charge in [0, 0.05) is 12.7 Å². The maximum atomic E-state index is 10.7. The first-order valence-electron chi connectivity index (χ1n) is 6.00. The number of carboxylic acids is 1. The molecule has 0 bridgehead atoms. The molecule has 0 aromatic carbocycles. The van der Waals surface area contributed by atoms with E-state index in [-0.39, 0.29) is 5.75 Å². The van der Waals surface area contributed by atoms with Gasteiger partial charge in [-0.2, -0.15) is 0 Å². The number of aliphatic carboxylic acids is 1. The van der Waals surface area contributed by atoms with Crippen LogP contribution in [0.4, 0.5) is 0 Å². The highest BCUT2D eigenvalue weighted by Crippen LogP contribution is 2.34. The summed E-state index contributed by atoms with van der Waals surface area (Å²) in [6, 6.07) is 1.76. The molecule has 2 aromatic heterocycles. The largest absolute Gasteiger partial charge is 0.481 e. The molecule has 2 aromatic rings. The molecule has 0 unspecified atom stereocenters. The van der Waals surface area contributed by atoms with E-state index >= 15 is 0 Å². The normalized spacial score (nSPS) is 15.0. The Labute approximate surface area is 119 Å². The predicted octanol–water partition coefficient (Wildman–Crippen LogP) is 2.67. The Morgan fingerprint density at radius 1 is 1.58 bits per heavy atom. The zero-order chi connectivity index (χ0) is 13.4. The minimum absolute atomic E-state index is 0.00171. The van der Waals surface area contributed by atoms with Crippen LogP contribution < -0.4 is 0 Å². The third-order valence-electron chi connectivity index (χ3n) is 2.98. The minimum atomic E-state index is -0.846. The number of halogens is 1. The van der Waals surface area contributed by atoms with Crippen molar-refractivity contribution < 1.29 is 9.90 Å². The van der Waals surface area contributed by atoms with Crippen molar-refractivity contribution in [3.63, 3.8) is 0 Å². The number of nitrogens with zero attached hydrogens (tertiary/aromatic N) is 3. The summed E-state index contributed by atoms with van der Waals surface area (Å²) < 4.78 is 2.01. The second-order valence-electron chi connectivity index (χ2n) is 4.63. The number of carbonyl (C=O) groups is 1. The van der Waals surface area contributed by atoms with Crippen molar-refractivity contribution in [2.24, 2.45) is 5.92 Å². The Bertz CT molecular complexity index is 639. The van der Waals surface area contributed by atoms with Crippen LogP contribution in [-0.4, -0.2) is 31.4 Å². The first-order valence-corrected chi connectivity index (χ1v) is 7.36. The van der Waals surface area contributed by atoms with E-state index in [0.29, 0.717) is 16.1 Å². The number of pyridine rings is 1. The van der Waals surface area contributed by atoms with Crippen LogP contribution in [0.3, 0.4) is 0 Å². The van der Waals surface area contributed by atoms with Gasteiger partial charge < -0.3 is 9.67 Å². The van der Waals surface area contributed by atoms with Gasteiger partial charge in [0.05, 0.1) is 10.8 Å². The number of hydrogen-bond acceptors (Lipinski definition) is 4. The summed E-state index contributed by atoms with van der Waals surface area (Å²) in [7, 11) is 0. The van der Waals surface area contributed by atoms with E-state index in [4.69, 9.17) is 16.7 Å². The van der Waals surface area contributed by atoms with Crippen LogP contribution in [0, 0.1) is 5.92 Å². The molecule has 0 radical (unpaired) electrons. The molecule has 0 amide bonds. The standard InChI is InChI=1S/C12H12ClN3O2S/c13-8-3-9-11(14-4-8)16(5-7-1-2-7)12(15-9)19-6-10(17)18/h3-4,7H,1-2,5-6H2,(H,17,18). The number of imidazole rings is 1. The molecule has 7 heteroatoms. The Kier molecular flexibility index (Phi) is 3.36. The van der Waals surface area contributed by atoms with Gasteiger partial charge in [-0.25, -0.2) is 9.97 Å². The van der Waals surface area contributed by atoms with Crippen LogP contribution in [-0.2, 0) is 11.3 Å². The van der Waals surface area contributed by atoms with E-state index in [9.17, 15) is 4.79 Å². The van der Waals surface area contributed by atoms with Crippen LogP contribution in [0.2, 0.25) is 5.02 Å². The second-order valence-corrected chi connectivity index (χ2v) is 6.01. The fraction of sp³-hybridized carbons (Fsp3) is 0.417. The Morgan fingerprint density at radius 3 is 3.05 bits per heavy atom. The van der Waals surface area contributed by atoms with Crippen molar-refractivity contribution >= 4 is 40.5 Å². The Balaban J connectivity index is 1.99. The van der Waals surface area contributed by atoms with Crippen molar-refractivity contribution in [1.29, 1.82) is 0 Å². The fourth-order valence-corrected chi connectivity index (χ4v) is 2.81. The summed E-state index contributed by atoms with van der Waals surface area (Å²) in [4.78, 5) is 19.5. The summed E-state index contributed by atoms with van der Waals surface area (Å²) in [6.07, 6.45) is 4.03. The maximum absolute atomic E-state index is 10.7. The number of rotatable bonds is 5. The highest BCUT2D eigenvalue weighted by Gasteiger charge is 2.25. The average Bonchev–Trinajstić information content (AvgIpc) is 3.10. The van der Waals surface area contributed by atoms with Gasteiger partial charge in [-0.15, -0.1) is 0 Å². The zero-order valence-electron chi connectivity index (χ0n) is 10.0. The molecule has 2 heterocycles. The lowest BCUT2D eigenvalue weighted by Gasteiger charge is -2.06. The van der Waals surface area contributed by atoms with Crippen LogP contribution in [0.15, 0.2) is 17.4 Å². The third kappa shape index (κ3) is 2.84. The minimum Gasteiger partial charge on any atom is -0.481 e. The number of aromatic nitrogens is 3. The molecular formula is C12H12ClN3O2S. The predicted molar refractivity (Wildman–Crippen MR) is 73.6 cm³/mol. The maximum Gasteiger partial charge on any atom is 0.313 e. The highest BCUT2D eigenvalue weighted by molar-refractivity contribution is 7.99. The van der Waals surface area contributed by atoms with Crippen molar-refractivity contribution in [3.05, 3.63) is 17.3 Å². The van der Waals surface area contributed by atoms with Crippen molar-refractivity contribution in [1.82, 2.24) is 14.5 Å². The van der Waals surface area contributed by atoms with E-state index in [2.05, 4.69) is 9.97 Å². The summed E-state index contributed by atoms with van der Waals surface area (Å²) >= 11 is 7.14. The van der Waals surface area contributed by atoms with Gasteiger partial charge in [-0.3, -0.25) is 4.79 Å². The first-order chi connectivity index (χ1) is 9.13. The van der Waals surface area contributed by atoms with Crippen molar-refractivity contribution in [2.75, 3.05) is 5.75 Å². The molecule has 0 saturated heterocycles. The van der Waals surface area contributed by atoms with E-state index in [1.807, 2.05) is 4.57 Å². The van der Waals surface area contributed by atoms with Crippen molar-refractivity contribution in [3.8, 4) is 0 Å². The van der Waals surface area contributed by atoms with Crippen LogP contribution in [0.5, 0.6) is 0 Å². The molecule has 1 fully saturated rings. The lowest BCUT2D eigenvalue weighted by molar-refractivity contribution is -0.133. The molecule has 3 rings (SSSR count).